The second-order valence-corrected chi connectivity index (χ2v) is 6.05. The molecule has 0 bridgehead atoms. The average molecular weight is 380 g/mol. The van der Waals surface area contributed by atoms with Crippen molar-refractivity contribution in [2.24, 2.45) is 14.1 Å². The molecule has 3 aromatic rings. The van der Waals surface area contributed by atoms with Crippen LogP contribution >= 0.6 is 11.6 Å². The number of aromatic nitrogens is 4. The fraction of sp³-hybridized carbons (Fsp3) is 0.250. The van der Waals surface area contributed by atoms with E-state index in [0.29, 0.717) is 5.56 Å². The van der Waals surface area contributed by atoms with Gasteiger partial charge < -0.3 is 5.32 Å². The zero-order valence-corrected chi connectivity index (χ0v) is 14.7. The highest BCUT2D eigenvalue weighted by atomic mass is 35.5. The molecule has 0 unspecified atom stereocenters. The number of fused-ring (bicyclic) bond motifs is 1. The van der Waals surface area contributed by atoms with Gasteiger partial charge in [-0.2, -0.15) is 4.98 Å². The fourth-order valence-corrected chi connectivity index (χ4v) is 2.82. The Kier molecular flexibility index (Phi) is 4.64. The first-order chi connectivity index (χ1) is 12.3. The summed E-state index contributed by atoms with van der Waals surface area (Å²) >= 11 is 6.05. The monoisotopic (exact) mass is 379 g/mol. The minimum Gasteiger partial charge on any atom is -0.350 e. The van der Waals surface area contributed by atoms with Gasteiger partial charge in [0.25, 0.3) is 5.56 Å². The Labute approximate surface area is 151 Å². The van der Waals surface area contributed by atoms with Crippen molar-refractivity contribution in [1.29, 1.82) is 0 Å². The predicted molar refractivity (Wildman–Crippen MR) is 93.5 cm³/mol. The third-order valence-corrected chi connectivity index (χ3v) is 4.33. The molecule has 10 heteroatoms. The summed E-state index contributed by atoms with van der Waals surface area (Å²) in [5.74, 6) is -0.909. The summed E-state index contributed by atoms with van der Waals surface area (Å²) in [5.41, 5.74) is -0.691. The highest BCUT2D eigenvalue weighted by Crippen LogP contribution is 2.15. The molecule has 3 rings (SSSR count). The van der Waals surface area contributed by atoms with E-state index in [-0.39, 0.29) is 29.5 Å². The molecule has 26 heavy (non-hydrogen) atoms. The van der Waals surface area contributed by atoms with Crippen LogP contribution in [-0.4, -0.2) is 24.6 Å². The van der Waals surface area contributed by atoms with Crippen LogP contribution in [0.1, 0.15) is 5.56 Å². The largest absolute Gasteiger partial charge is 0.350 e. The van der Waals surface area contributed by atoms with E-state index >= 15 is 0 Å². The molecule has 0 aliphatic rings. The number of rotatable bonds is 4. The summed E-state index contributed by atoms with van der Waals surface area (Å²) in [7, 11) is 2.78. The van der Waals surface area contributed by atoms with Crippen LogP contribution < -0.4 is 16.6 Å². The number of aryl methyl sites for hydroxylation is 1. The van der Waals surface area contributed by atoms with Gasteiger partial charge in [-0.15, -0.1) is 0 Å². The van der Waals surface area contributed by atoms with E-state index in [1.165, 1.54) is 29.3 Å². The minimum absolute atomic E-state index is 0.00769. The van der Waals surface area contributed by atoms with E-state index in [4.69, 9.17) is 11.6 Å². The zero-order valence-electron chi connectivity index (χ0n) is 14.0. The molecular formula is C16H15ClFN5O3. The van der Waals surface area contributed by atoms with Crippen LogP contribution in [0.5, 0.6) is 0 Å². The molecule has 1 amide bonds. The zero-order chi connectivity index (χ0) is 19.0. The molecule has 0 spiro atoms. The molecule has 0 radical (unpaired) electrons. The van der Waals surface area contributed by atoms with Gasteiger partial charge in [0.05, 0.1) is 0 Å². The van der Waals surface area contributed by atoms with Crippen molar-refractivity contribution in [1.82, 2.24) is 24.0 Å². The lowest BCUT2D eigenvalue weighted by Crippen LogP contribution is -2.38. The van der Waals surface area contributed by atoms with Crippen molar-refractivity contribution in [3.8, 4) is 0 Å². The number of halogens is 2. The van der Waals surface area contributed by atoms with Gasteiger partial charge in [0, 0.05) is 26.2 Å². The lowest BCUT2D eigenvalue weighted by Gasteiger charge is -2.09. The Morgan fingerprint density at radius 2 is 1.92 bits per heavy atom. The van der Waals surface area contributed by atoms with Gasteiger partial charge in [-0.25, -0.2) is 9.18 Å². The summed E-state index contributed by atoms with van der Waals surface area (Å²) in [4.78, 5) is 40.6. The number of nitrogens with one attached hydrogen (secondary N) is 1. The van der Waals surface area contributed by atoms with Gasteiger partial charge >= 0.3 is 5.69 Å². The first-order valence-electron chi connectivity index (χ1n) is 7.63. The molecule has 1 N–H and O–H groups in total. The lowest BCUT2D eigenvalue weighted by molar-refractivity contribution is -0.121. The van der Waals surface area contributed by atoms with Gasteiger partial charge in [-0.3, -0.25) is 23.3 Å². The van der Waals surface area contributed by atoms with Crippen LogP contribution in [0, 0.1) is 5.82 Å². The van der Waals surface area contributed by atoms with Gasteiger partial charge in [0.15, 0.2) is 11.2 Å². The molecule has 1 aromatic carbocycles. The highest BCUT2D eigenvalue weighted by molar-refractivity contribution is 6.29. The number of nitrogens with zero attached hydrogens (tertiary/aromatic N) is 4. The summed E-state index contributed by atoms with van der Waals surface area (Å²) in [5, 5.41) is 2.47. The van der Waals surface area contributed by atoms with Crippen molar-refractivity contribution in [2.45, 2.75) is 13.1 Å². The first kappa shape index (κ1) is 17.9. The number of carbonyl (C=O) groups excluding carboxylic acids is 1. The fourth-order valence-electron chi connectivity index (χ4n) is 2.60. The van der Waals surface area contributed by atoms with Crippen molar-refractivity contribution in [3.05, 3.63) is 61.8 Å². The molecule has 0 aliphatic carbocycles. The third kappa shape index (κ3) is 3.01. The SMILES string of the molecule is Cn1c(=O)c2c(nc(Cl)n2CC(=O)NCc2ccccc2F)n(C)c1=O. The van der Waals surface area contributed by atoms with E-state index in [1.54, 1.807) is 18.2 Å². The van der Waals surface area contributed by atoms with E-state index in [2.05, 4.69) is 10.3 Å². The summed E-state index contributed by atoms with van der Waals surface area (Å²) in [6, 6.07) is 6.07. The first-order valence-corrected chi connectivity index (χ1v) is 8.01. The minimum atomic E-state index is -0.607. The van der Waals surface area contributed by atoms with E-state index in [9.17, 15) is 18.8 Å². The molecule has 8 nitrogen and oxygen atoms in total. The molecule has 2 aromatic heterocycles. The smallest absolute Gasteiger partial charge is 0.332 e. The van der Waals surface area contributed by atoms with Crippen molar-refractivity contribution < 1.29 is 9.18 Å². The van der Waals surface area contributed by atoms with Crippen LogP contribution in [-0.2, 0) is 32.0 Å². The Hall–Kier alpha value is -2.94. The summed E-state index contributed by atoms with van der Waals surface area (Å²) in [6.07, 6.45) is 0. The van der Waals surface area contributed by atoms with E-state index < -0.39 is 23.0 Å². The molecule has 0 aliphatic heterocycles. The summed E-state index contributed by atoms with van der Waals surface area (Å²) < 4.78 is 16.9. The van der Waals surface area contributed by atoms with Crippen molar-refractivity contribution in [2.75, 3.05) is 0 Å². The Morgan fingerprint density at radius 3 is 2.62 bits per heavy atom. The number of imidazole rings is 1. The van der Waals surface area contributed by atoms with Gasteiger partial charge in [-0.1, -0.05) is 18.2 Å². The van der Waals surface area contributed by atoms with Crippen LogP contribution in [0.25, 0.3) is 11.2 Å². The Bertz CT molecular complexity index is 1130. The van der Waals surface area contributed by atoms with E-state index in [1.807, 2.05) is 0 Å². The lowest BCUT2D eigenvalue weighted by atomic mass is 10.2. The maximum Gasteiger partial charge on any atom is 0.332 e. The molecular weight excluding hydrogens is 365 g/mol. The Balaban J connectivity index is 1.91. The van der Waals surface area contributed by atoms with Crippen molar-refractivity contribution >= 4 is 28.7 Å². The van der Waals surface area contributed by atoms with Crippen LogP contribution in [0.4, 0.5) is 4.39 Å². The van der Waals surface area contributed by atoms with E-state index in [0.717, 1.165) is 4.57 Å². The molecule has 0 atom stereocenters. The van der Waals surface area contributed by atoms with Crippen molar-refractivity contribution in [3.63, 3.8) is 0 Å². The van der Waals surface area contributed by atoms with Gasteiger partial charge in [0.1, 0.15) is 12.4 Å². The van der Waals surface area contributed by atoms with Gasteiger partial charge in [0.2, 0.25) is 11.2 Å². The quantitative estimate of drug-likeness (QED) is 0.670. The van der Waals surface area contributed by atoms with Crippen LogP contribution in [0.2, 0.25) is 5.28 Å². The van der Waals surface area contributed by atoms with Gasteiger partial charge in [-0.05, 0) is 17.7 Å². The highest BCUT2D eigenvalue weighted by Gasteiger charge is 2.19. The predicted octanol–water partition coefficient (Wildman–Crippen LogP) is 0.543. The normalized spacial score (nSPS) is 11.1. The maximum absolute atomic E-state index is 13.6. The summed E-state index contributed by atoms with van der Waals surface area (Å²) in [6.45, 7) is -0.302. The average Bonchev–Trinajstić information content (AvgIpc) is 2.94. The van der Waals surface area contributed by atoms with Crippen LogP contribution in [0.15, 0.2) is 33.9 Å². The number of carbonyl (C=O) groups is 1. The second-order valence-electron chi connectivity index (χ2n) is 5.71. The molecule has 2 heterocycles. The topological polar surface area (TPSA) is 90.9 Å². The molecule has 0 fully saturated rings. The van der Waals surface area contributed by atoms with Crippen LogP contribution in [0.3, 0.4) is 0 Å². The standard InChI is InChI=1S/C16H15ClFN5O3/c1-21-13-12(14(25)22(2)16(21)26)23(15(17)20-13)8-11(24)19-7-9-5-3-4-6-10(9)18/h3-6H,7-8H2,1-2H3,(H,19,24). The number of hydrogen-bond donors (Lipinski definition) is 1. The number of hydrogen-bond acceptors (Lipinski definition) is 4. The molecule has 0 saturated carbocycles. The Morgan fingerprint density at radius 1 is 1.23 bits per heavy atom. The molecule has 0 saturated heterocycles. The molecule has 136 valence electrons. The number of amides is 1. The number of benzene rings is 1. The maximum atomic E-state index is 13.6. The third-order valence-electron chi connectivity index (χ3n) is 4.04. The second kappa shape index (κ2) is 6.75.